The van der Waals surface area contributed by atoms with Gasteiger partial charge in [-0.2, -0.15) is 0 Å². The van der Waals surface area contributed by atoms with Gasteiger partial charge < -0.3 is 5.73 Å². The number of benzene rings is 3. The lowest BCUT2D eigenvalue weighted by atomic mass is 10.0. The molecular weight excluding hydrogens is 376 g/mol. The van der Waals surface area contributed by atoms with Crippen LogP contribution in [0.5, 0.6) is 0 Å². The van der Waals surface area contributed by atoms with E-state index in [0.29, 0.717) is 14.9 Å². The predicted molar refractivity (Wildman–Crippen MR) is 115 cm³/mol. The van der Waals surface area contributed by atoms with E-state index in [1.807, 2.05) is 48.5 Å². The Kier molecular flexibility index (Phi) is 4.51. The van der Waals surface area contributed by atoms with Crippen LogP contribution in [0.25, 0.3) is 16.8 Å². The number of para-hydroxylation sites is 1. The molecule has 1 aliphatic rings. The average Bonchev–Trinajstić information content (AvgIpc) is 2.95. The zero-order chi connectivity index (χ0) is 19.0. The van der Waals surface area contributed by atoms with Gasteiger partial charge in [0.15, 0.2) is 4.32 Å². The number of hydrogen-bond acceptors (Lipinski definition) is 4. The van der Waals surface area contributed by atoms with Gasteiger partial charge in [-0.15, -0.1) is 0 Å². The van der Waals surface area contributed by atoms with Gasteiger partial charge in [0.2, 0.25) is 0 Å². The van der Waals surface area contributed by atoms with Crippen molar-refractivity contribution in [1.29, 1.82) is 0 Å². The van der Waals surface area contributed by atoms with Crippen LogP contribution in [0.1, 0.15) is 15.9 Å². The Morgan fingerprint density at radius 1 is 1.00 bits per heavy atom. The number of thiocarbonyl (C=S) groups is 1. The maximum Gasteiger partial charge on any atom is 0.270 e. The van der Waals surface area contributed by atoms with Crippen LogP contribution in [-0.2, 0) is 4.79 Å². The number of nitrogens with zero attached hydrogens (tertiary/aromatic N) is 1. The number of carbonyl (C=O) groups is 2. The van der Waals surface area contributed by atoms with Gasteiger partial charge in [-0.05, 0) is 34.5 Å². The molecule has 1 heterocycles. The molecule has 0 spiro atoms. The summed E-state index contributed by atoms with van der Waals surface area (Å²) < 4.78 is 0.375. The van der Waals surface area contributed by atoms with Gasteiger partial charge >= 0.3 is 0 Å². The quantitative estimate of drug-likeness (QED) is 0.534. The van der Waals surface area contributed by atoms with E-state index in [-0.39, 0.29) is 11.5 Å². The van der Waals surface area contributed by atoms with E-state index in [1.54, 1.807) is 24.3 Å². The van der Waals surface area contributed by atoms with Crippen LogP contribution in [0.3, 0.4) is 0 Å². The lowest BCUT2D eigenvalue weighted by molar-refractivity contribution is -0.113. The van der Waals surface area contributed by atoms with E-state index >= 15 is 0 Å². The Morgan fingerprint density at radius 3 is 2.52 bits per heavy atom. The predicted octanol–water partition coefficient (Wildman–Crippen LogP) is 4.34. The zero-order valence-electron chi connectivity index (χ0n) is 14.1. The highest BCUT2D eigenvalue weighted by atomic mass is 32.2. The molecule has 3 aromatic carbocycles. The van der Waals surface area contributed by atoms with Gasteiger partial charge in [0.05, 0.1) is 16.2 Å². The summed E-state index contributed by atoms with van der Waals surface area (Å²) in [5, 5.41) is 2.16. The van der Waals surface area contributed by atoms with Crippen molar-refractivity contribution in [2.75, 3.05) is 4.90 Å². The van der Waals surface area contributed by atoms with Crippen LogP contribution in [-0.4, -0.2) is 16.1 Å². The molecular formula is C21H14N2O2S2. The highest BCUT2D eigenvalue weighted by molar-refractivity contribution is 8.27. The molecule has 0 aliphatic carbocycles. The zero-order valence-corrected chi connectivity index (χ0v) is 15.7. The number of rotatable bonds is 3. The number of hydrogen-bond donors (Lipinski definition) is 1. The molecule has 1 fully saturated rings. The molecule has 3 aromatic rings. The van der Waals surface area contributed by atoms with Gasteiger partial charge in [-0.25, -0.2) is 0 Å². The van der Waals surface area contributed by atoms with Crippen LogP contribution >= 0.6 is 24.0 Å². The van der Waals surface area contributed by atoms with Gasteiger partial charge in [0, 0.05) is 0 Å². The van der Waals surface area contributed by atoms with E-state index in [2.05, 4.69) is 0 Å². The molecule has 4 rings (SSSR count). The van der Waals surface area contributed by atoms with Crippen molar-refractivity contribution in [2.45, 2.75) is 0 Å². The lowest BCUT2D eigenvalue weighted by Gasteiger charge is -2.17. The van der Waals surface area contributed by atoms with Crippen LogP contribution in [0.2, 0.25) is 0 Å². The molecule has 1 saturated heterocycles. The largest absolute Gasteiger partial charge is 0.366 e. The monoisotopic (exact) mass is 390 g/mol. The van der Waals surface area contributed by atoms with Crippen molar-refractivity contribution < 1.29 is 9.59 Å². The number of primary amides is 1. The highest BCUT2D eigenvalue weighted by Crippen LogP contribution is 2.38. The second kappa shape index (κ2) is 6.98. The molecule has 0 unspecified atom stereocenters. The topological polar surface area (TPSA) is 63.4 Å². The molecule has 0 aromatic heterocycles. The first-order valence-electron chi connectivity index (χ1n) is 8.21. The normalized spacial score (nSPS) is 15.7. The maximum absolute atomic E-state index is 13.0. The molecule has 2 N–H and O–H groups in total. The van der Waals surface area contributed by atoms with Crippen molar-refractivity contribution in [3.05, 3.63) is 82.8 Å². The Morgan fingerprint density at radius 2 is 1.70 bits per heavy atom. The Bertz CT molecular complexity index is 1130. The summed E-state index contributed by atoms with van der Waals surface area (Å²) in [5.74, 6) is -0.857. The molecule has 0 saturated carbocycles. The van der Waals surface area contributed by atoms with E-state index in [4.69, 9.17) is 18.0 Å². The molecule has 27 heavy (non-hydrogen) atoms. The standard InChI is InChI=1S/C21H14N2O2S2/c22-19(24)16-10-3-4-11-17(16)23-20(25)18(27-21(23)26)12-14-8-5-7-13-6-1-2-9-15(13)14/h1-12H,(H2,22,24)/b18-12-. The van der Waals surface area contributed by atoms with Crippen LogP contribution in [0.15, 0.2) is 71.6 Å². The minimum Gasteiger partial charge on any atom is -0.366 e. The van der Waals surface area contributed by atoms with Crippen molar-refractivity contribution in [1.82, 2.24) is 0 Å². The van der Waals surface area contributed by atoms with E-state index < -0.39 is 5.91 Å². The fourth-order valence-electron chi connectivity index (χ4n) is 3.07. The van der Waals surface area contributed by atoms with Crippen molar-refractivity contribution in [3.8, 4) is 0 Å². The third-order valence-electron chi connectivity index (χ3n) is 4.31. The molecule has 6 heteroatoms. The number of amides is 2. The minimum atomic E-state index is -0.599. The van der Waals surface area contributed by atoms with Crippen molar-refractivity contribution in [2.24, 2.45) is 5.73 Å². The Labute approximate surface area is 165 Å². The summed E-state index contributed by atoms with van der Waals surface area (Å²) in [6.07, 6.45) is 1.84. The van der Waals surface area contributed by atoms with Crippen LogP contribution in [0.4, 0.5) is 5.69 Å². The van der Waals surface area contributed by atoms with Crippen LogP contribution in [0, 0.1) is 0 Å². The molecule has 0 radical (unpaired) electrons. The number of anilines is 1. The van der Waals surface area contributed by atoms with Crippen molar-refractivity contribution >= 4 is 62.7 Å². The third kappa shape index (κ3) is 3.13. The fraction of sp³-hybridized carbons (Fsp3) is 0. The first-order valence-corrected chi connectivity index (χ1v) is 9.43. The molecule has 132 valence electrons. The number of nitrogens with two attached hydrogens (primary N) is 1. The van der Waals surface area contributed by atoms with Gasteiger partial charge in [-0.1, -0.05) is 78.6 Å². The summed E-state index contributed by atoms with van der Waals surface area (Å²) in [6, 6.07) is 20.6. The van der Waals surface area contributed by atoms with Gasteiger partial charge in [0.1, 0.15) is 0 Å². The summed E-state index contributed by atoms with van der Waals surface area (Å²) in [4.78, 5) is 26.6. The summed E-state index contributed by atoms with van der Waals surface area (Å²) >= 11 is 6.63. The second-order valence-electron chi connectivity index (χ2n) is 5.97. The van der Waals surface area contributed by atoms with E-state index in [0.717, 1.165) is 16.3 Å². The Balaban J connectivity index is 1.78. The average molecular weight is 390 g/mol. The van der Waals surface area contributed by atoms with E-state index in [1.165, 1.54) is 16.7 Å². The molecule has 2 amide bonds. The lowest BCUT2D eigenvalue weighted by Crippen LogP contribution is -2.30. The molecule has 4 nitrogen and oxygen atoms in total. The fourth-order valence-corrected chi connectivity index (χ4v) is 4.35. The third-order valence-corrected chi connectivity index (χ3v) is 5.62. The highest BCUT2D eigenvalue weighted by Gasteiger charge is 2.35. The Hall–Kier alpha value is -2.96. The minimum absolute atomic E-state index is 0.258. The first-order chi connectivity index (χ1) is 13.1. The van der Waals surface area contributed by atoms with Crippen LogP contribution < -0.4 is 10.6 Å². The first kappa shape index (κ1) is 17.5. The van der Waals surface area contributed by atoms with Gasteiger partial charge in [0.25, 0.3) is 11.8 Å². The maximum atomic E-state index is 13.0. The SMILES string of the molecule is NC(=O)c1ccccc1N1C(=O)/C(=C/c2cccc3ccccc23)SC1=S. The molecule has 0 bridgehead atoms. The molecule has 0 atom stereocenters. The number of fused-ring (bicyclic) bond motifs is 1. The number of carbonyl (C=O) groups excluding carboxylic acids is 2. The molecule has 1 aliphatic heterocycles. The van der Waals surface area contributed by atoms with Crippen molar-refractivity contribution in [3.63, 3.8) is 0 Å². The van der Waals surface area contributed by atoms with Gasteiger partial charge in [-0.3, -0.25) is 14.5 Å². The van der Waals surface area contributed by atoms with E-state index in [9.17, 15) is 9.59 Å². The second-order valence-corrected chi connectivity index (χ2v) is 7.64. The number of thioether (sulfide) groups is 1. The summed E-state index contributed by atoms with van der Waals surface area (Å²) in [6.45, 7) is 0. The smallest absolute Gasteiger partial charge is 0.270 e. The summed E-state index contributed by atoms with van der Waals surface area (Å²) in [5.41, 5.74) is 7.07. The summed E-state index contributed by atoms with van der Waals surface area (Å²) in [7, 11) is 0.